The summed E-state index contributed by atoms with van der Waals surface area (Å²) in [6, 6.07) is 21.6. The van der Waals surface area contributed by atoms with Crippen LogP contribution in [0.5, 0.6) is 5.75 Å². The van der Waals surface area contributed by atoms with Crippen molar-refractivity contribution in [2.45, 2.75) is 56.6 Å². The molecule has 3 amide bonds. The molecule has 0 saturated heterocycles. The summed E-state index contributed by atoms with van der Waals surface area (Å²) in [5.41, 5.74) is 1.69. The van der Waals surface area contributed by atoms with Crippen molar-refractivity contribution in [3.8, 4) is 5.75 Å². The van der Waals surface area contributed by atoms with Gasteiger partial charge in [0.05, 0.1) is 12.7 Å². The molecule has 4 rings (SSSR count). The molecule has 10 heteroatoms. The minimum absolute atomic E-state index is 0.0689. The SMILES string of the molecule is CC[C@H](C)NC(=O)[C@@H](Cc1ccccc1)N(Cc1cccc(OC)c1)C(=O)CCN1C(=O)c2ccccc2S1(=O)=O. The number of carbonyl (C=O) groups is 3. The van der Waals surface area contributed by atoms with Crippen molar-refractivity contribution < 1.29 is 27.5 Å². The second-order valence-corrected chi connectivity index (χ2v) is 11.9. The minimum atomic E-state index is -4.07. The largest absolute Gasteiger partial charge is 0.497 e. The van der Waals surface area contributed by atoms with E-state index in [0.29, 0.717) is 12.2 Å². The van der Waals surface area contributed by atoms with Gasteiger partial charge >= 0.3 is 0 Å². The molecule has 0 aliphatic carbocycles. The fourth-order valence-electron chi connectivity index (χ4n) is 4.76. The van der Waals surface area contributed by atoms with E-state index in [1.807, 2.05) is 50.2 Å². The van der Waals surface area contributed by atoms with E-state index >= 15 is 0 Å². The summed E-state index contributed by atoms with van der Waals surface area (Å²) >= 11 is 0. The molecule has 3 aromatic carbocycles. The Hall–Kier alpha value is -4.18. The first-order valence-corrected chi connectivity index (χ1v) is 15.0. The molecule has 1 heterocycles. The van der Waals surface area contributed by atoms with Crippen LogP contribution in [-0.2, 0) is 32.6 Å². The Labute approximate surface area is 241 Å². The number of nitrogens with zero attached hydrogens (tertiary/aromatic N) is 2. The fraction of sp³-hybridized carbons (Fsp3) is 0.323. The minimum Gasteiger partial charge on any atom is -0.497 e. The molecule has 0 unspecified atom stereocenters. The third-order valence-corrected chi connectivity index (χ3v) is 9.04. The van der Waals surface area contributed by atoms with Crippen molar-refractivity contribution in [3.05, 3.63) is 95.6 Å². The van der Waals surface area contributed by atoms with Crippen LogP contribution in [0.25, 0.3) is 0 Å². The summed E-state index contributed by atoms with van der Waals surface area (Å²) in [5, 5.41) is 3.00. The standard InChI is InChI=1S/C31H35N3O6S/c1-4-22(2)32-30(36)27(20-23-11-6-5-7-12-23)33(21-24-13-10-14-25(19-24)40-3)29(35)17-18-34-31(37)26-15-8-9-16-28(26)41(34,38)39/h5-16,19,22,27H,4,17-18,20-21H2,1-3H3,(H,32,36)/t22-,27+/m0/s1. The van der Waals surface area contributed by atoms with Crippen LogP contribution in [-0.4, -0.2) is 61.1 Å². The summed E-state index contributed by atoms with van der Waals surface area (Å²) in [5.74, 6) is -0.822. The van der Waals surface area contributed by atoms with Crippen molar-refractivity contribution in [2.75, 3.05) is 13.7 Å². The number of nitrogens with one attached hydrogen (secondary N) is 1. The molecule has 1 aliphatic heterocycles. The lowest BCUT2D eigenvalue weighted by Crippen LogP contribution is -2.52. The zero-order chi connectivity index (χ0) is 29.6. The van der Waals surface area contributed by atoms with Crippen LogP contribution in [0.4, 0.5) is 0 Å². The fourth-order valence-corrected chi connectivity index (χ4v) is 6.33. The van der Waals surface area contributed by atoms with Crippen LogP contribution < -0.4 is 10.1 Å². The van der Waals surface area contributed by atoms with E-state index in [4.69, 9.17) is 4.74 Å². The van der Waals surface area contributed by atoms with E-state index in [2.05, 4.69) is 5.32 Å². The molecule has 41 heavy (non-hydrogen) atoms. The smallest absolute Gasteiger partial charge is 0.269 e. The highest BCUT2D eigenvalue weighted by molar-refractivity contribution is 7.90. The molecule has 1 aliphatic rings. The molecule has 0 saturated carbocycles. The number of hydrogen-bond acceptors (Lipinski definition) is 6. The third-order valence-electron chi connectivity index (χ3n) is 7.20. The van der Waals surface area contributed by atoms with Crippen molar-refractivity contribution in [2.24, 2.45) is 0 Å². The Morgan fingerprint density at radius 1 is 0.976 bits per heavy atom. The van der Waals surface area contributed by atoms with Gasteiger partial charge in [-0.3, -0.25) is 14.4 Å². The van der Waals surface area contributed by atoms with Crippen LogP contribution in [0, 0.1) is 0 Å². The molecular weight excluding hydrogens is 542 g/mol. The number of fused-ring (bicyclic) bond motifs is 1. The van der Waals surface area contributed by atoms with Crippen molar-refractivity contribution >= 4 is 27.7 Å². The van der Waals surface area contributed by atoms with Gasteiger partial charge in [0.2, 0.25) is 11.8 Å². The monoisotopic (exact) mass is 577 g/mol. The maximum absolute atomic E-state index is 13.9. The second-order valence-electron chi connectivity index (χ2n) is 10.0. The topological polar surface area (TPSA) is 113 Å². The maximum atomic E-state index is 13.9. The second kappa shape index (κ2) is 13.0. The number of rotatable bonds is 12. The number of amides is 3. The van der Waals surface area contributed by atoms with Gasteiger partial charge in [-0.2, -0.15) is 0 Å². The van der Waals surface area contributed by atoms with E-state index in [-0.39, 0.29) is 48.3 Å². The molecule has 0 aromatic heterocycles. The van der Waals surface area contributed by atoms with Crippen molar-refractivity contribution in [1.29, 1.82) is 0 Å². The van der Waals surface area contributed by atoms with Gasteiger partial charge in [0.1, 0.15) is 16.7 Å². The first kappa shape index (κ1) is 29.8. The number of methoxy groups -OCH3 is 1. The summed E-state index contributed by atoms with van der Waals surface area (Å²) < 4.78 is 32.3. The molecule has 216 valence electrons. The molecule has 0 fully saturated rings. The highest BCUT2D eigenvalue weighted by Gasteiger charge is 2.41. The highest BCUT2D eigenvalue weighted by Crippen LogP contribution is 2.30. The van der Waals surface area contributed by atoms with Gasteiger partial charge in [-0.1, -0.05) is 61.5 Å². The summed E-state index contributed by atoms with van der Waals surface area (Å²) in [4.78, 5) is 41.9. The maximum Gasteiger partial charge on any atom is 0.269 e. The first-order chi connectivity index (χ1) is 19.6. The lowest BCUT2D eigenvalue weighted by Gasteiger charge is -2.33. The van der Waals surface area contributed by atoms with Gasteiger partial charge in [-0.05, 0) is 48.7 Å². The number of sulfonamides is 1. The number of hydrogen-bond donors (Lipinski definition) is 1. The lowest BCUT2D eigenvalue weighted by atomic mass is 10.0. The molecular formula is C31H35N3O6S. The van der Waals surface area contributed by atoms with Crippen LogP contribution >= 0.6 is 0 Å². The molecule has 0 radical (unpaired) electrons. The lowest BCUT2D eigenvalue weighted by molar-refractivity contribution is -0.141. The van der Waals surface area contributed by atoms with E-state index < -0.39 is 27.9 Å². The van der Waals surface area contributed by atoms with Crippen LogP contribution in [0.3, 0.4) is 0 Å². The van der Waals surface area contributed by atoms with Gasteiger partial charge < -0.3 is 15.0 Å². The molecule has 2 atom stereocenters. The van der Waals surface area contributed by atoms with E-state index in [0.717, 1.165) is 15.4 Å². The molecule has 1 N–H and O–H groups in total. The van der Waals surface area contributed by atoms with Crippen molar-refractivity contribution in [1.82, 2.24) is 14.5 Å². The van der Waals surface area contributed by atoms with Crippen LogP contribution in [0.1, 0.15) is 48.2 Å². The Balaban J connectivity index is 1.65. The normalized spacial score (nSPS) is 15.1. The Kier molecular flexibility index (Phi) is 9.44. The predicted molar refractivity (Wildman–Crippen MR) is 155 cm³/mol. The van der Waals surface area contributed by atoms with Crippen LogP contribution in [0.15, 0.2) is 83.8 Å². The summed E-state index contributed by atoms with van der Waals surface area (Å²) in [7, 11) is -2.53. The van der Waals surface area contributed by atoms with E-state index in [1.54, 1.807) is 37.4 Å². The number of ether oxygens (including phenoxy) is 1. The van der Waals surface area contributed by atoms with Gasteiger partial charge in [-0.25, -0.2) is 12.7 Å². The van der Waals surface area contributed by atoms with E-state index in [9.17, 15) is 22.8 Å². The zero-order valence-electron chi connectivity index (χ0n) is 23.4. The van der Waals surface area contributed by atoms with E-state index in [1.165, 1.54) is 17.0 Å². The number of carbonyl (C=O) groups excluding carboxylic acids is 3. The Bertz CT molecular complexity index is 1510. The van der Waals surface area contributed by atoms with Gasteiger partial charge in [0.25, 0.3) is 15.9 Å². The quantitative estimate of drug-likeness (QED) is 0.351. The van der Waals surface area contributed by atoms with Gasteiger partial charge in [0, 0.05) is 32.0 Å². The molecule has 0 spiro atoms. The average molecular weight is 578 g/mol. The highest BCUT2D eigenvalue weighted by atomic mass is 32.2. The van der Waals surface area contributed by atoms with Gasteiger partial charge in [-0.15, -0.1) is 0 Å². The molecule has 9 nitrogen and oxygen atoms in total. The molecule has 3 aromatic rings. The van der Waals surface area contributed by atoms with Gasteiger partial charge in [0.15, 0.2) is 0 Å². The summed E-state index contributed by atoms with van der Waals surface area (Å²) in [6.07, 6.45) is 0.680. The average Bonchev–Trinajstić information content (AvgIpc) is 3.18. The Morgan fingerprint density at radius 2 is 1.66 bits per heavy atom. The van der Waals surface area contributed by atoms with Crippen LogP contribution in [0.2, 0.25) is 0 Å². The first-order valence-electron chi connectivity index (χ1n) is 13.6. The third kappa shape index (κ3) is 6.77. The number of benzene rings is 3. The molecule has 0 bridgehead atoms. The van der Waals surface area contributed by atoms with Crippen molar-refractivity contribution in [3.63, 3.8) is 0 Å². The Morgan fingerprint density at radius 3 is 2.34 bits per heavy atom. The predicted octanol–water partition coefficient (Wildman–Crippen LogP) is 3.78. The zero-order valence-corrected chi connectivity index (χ0v) is 24.3. The summed E-state index contributed by atoms with van der Waals surface area (Å²) in [6.45, 7) is 3.60.